The normalized spacial score (nSPS) is 20.5. The zero-order valence-electron chi connectivity index (χ0n) is 7.82. The molecule has 2 rings (SSSR count). The second kappa shape index (κ2) is 3.79. The van der Waals surface area contributed by atoms with Gasteiger partial charge >= 0.3 is 0 Å². The minimum Gasteiger partial charge on any atom is -0.493 e. The molecule has 0 fully saturated rings. The summed E-state index contributed by atoms with van der Waals surface area (Å²) in [5.74, 6) is 0.979. The van der Waals surface area contributed by atoms with Gasteiger partial charge in [0.1, 0.15) is 5.75 Å². The maximum absolute atomic E-state index is 5.63. The van der Waals surface area contributed by atoms with Crippen molar-refractivity contribution in [1.29, 1.82) is 0 Å². The molecule has 0 aromatic heterocycles. The smallest absolute Gasteiger partial charge is 0.125 e. The molecule has 0 saturated carbocycles. The largest absolute Gasteiger partial charge is 0.493 e. The van der Waals surface area contributed by atoms with Crippen molar-refractivity contribution in [2.75, 3.05) is 13.2 Å². The van der Waals surface area contributed by atoms with Gasteiger partial charge in [-0.15, -0.1) is 0 Å². The molecule has 0 amide bonds. The first-order valence-electron chi connectivity index (χ1n) is 4.75. The zero-order chi connectivity index (χ0) is 9.10. The molecule has 1 aliphatic rings. The van der Waals surface area contributed by atoms with Gasteiger partial charge in [-0.2, -0.15) is 0 Å². The molecule has 0 N–H and O–H groups in total. The Morgan fingerprint density at radius 2 is 2.31 bits per heavy atom. The van der Waals surface area contributed by atoms with Crippen molar-refractivity contribution in [1.82, 2.24) is 0 Å². The highest BCUT2D eigenvalue weighted by atomic mass is 16.5. The van der Waals surface area contributed by atoms with E-state index < -0.39 is 0 Å². The molecule has 0 saturated heterocycles. The van der Waals surface area contributed by atoms with E-state index in [0.29, 0.717) is 0 Å². The third-order valence-corrected chi connectivity index (χ3v) is 2.27. The number of fused-ring (bicyclic) bond motifs is 1. The summed E-state index contributed by atoms with van der Waals surface area (Å²) in [7, 11) is 0. The van der Waals surface area contributed by atoms with Gasteiger partial charge in [0.25, 0.3) is 0 Å². The van der Waals surface area contributed by atoms with Crippen LogP contribution in [0.1, 0.15) is 25.0 Å². The molecular weight excluding hydrogens is 164 g/mol. The van der Waals surface area contributed by atoms with Crippen molar-refractivity contribution in [3.63, 3.8) is 0 Å². The Labute approximate surface area is 78.5 Å². The monoisotopic (exact) mass is 178 g/mol. The third kappa shape index (κ3) is 1.68. The summed E-state index contributed by atoms with van der Waals surface area (Å²) in [5, 5.41) is 0. The van der Waals surface area contributed by atoms with Crippen LogP contribution in [0.4, 0.5) is 0 Å². The van der Waals surface area contributed by atoms with Crippen LogP contribution in [0.25, 0.3) is 0 Å². The number of hydrogen-bond acceptors (Lipinski definition) is 2. The fraction of sp³-hybridized carbons (Fsp3) is 0.455. The Hall–Kier alpha value is -1.02. The van der Waals surface area contributed by atoms with Crippen LogP contribution >= 0.6 is 0 Å². The lowest BCUT2D eigenvalue weighted by molar-refractivity contribution is 0.0319. The van der Waals surface area contributed by atoms with Crippen LogP contribution in [-0.4, -0.2) is 13.2 Å². The molecule has 70 valence electrons. The molecule has 1 aromatic rings. The van der Waals surface area contributed by atoms with Gasteiger partial charge < -0.3 is 9.47 Å². The van der Waals surface area contributed by atoms with E-state index in [9.17, 15) is 0 Å². The number of benzene rings is 1. The van der Waals surface area contributed by atoms with Crippen molar-refractivity contribution >= 4 is 0 Å². The first-order valence-corrected chi connectivity index (χ1v) is 4.75. The molecule has 2 heteroatoms. The number of para-hydroxylation sites is 1. The fourth-order valence-corrected chi connectivity index (χ4v) is 1.68. The maximum atomic E-state index is 5.63. The van der Waals surface area contributed by atoms with Gasteiger partial charge in [-0.1, -0.05) is 18.2 Å². The van der Waals surface area contributed by atoms with Crippen molar-refractivity contribution in [3.8, 4) is 5.75 Å². The Balaban J connectivity index is 2.26. The van der Waals surface area contributed by atoms with E-state index in [-0.39, 0.29) is 6.10 Å². The predicted octanol–water partition coefficient (Wildman–Crippen LogP) is 2.55. The topological polar surface area (TPSA) is 18.5 Å². The van der Waals surface area contributed by atoms with Crippen molar-refractivity contribution in [2.24, 2.45) is 0 Å². The fourth-order valence-electron chi connectivity index (χ4n) is 1.68. The van der Waals surface area contributed by atoms with Crippen LogP contribution in [0, 0.1) is 0 Å². The average molecular weight is 178 g/mol. The second-order valence-corrected chi connectivity index (χ2v) is 3.12. The van der Waals surface area contributed by atoms with E-state index in [1.807, 2.05) is 25.1 Å². The summed E-state index contributed by atoms with van der Waals surface area (Å²) in [4.78, 5) is 0. The summed E-state index contributed by atoms with van der Waals surface area (Å²) in [6.07, 6.45) is 1.19. The van der Waals surface area contributed by atoms with Gasteiger partial charge in [0.15, 0.2) is 0 Å². The lowest BCUT2D eigenvalue weighted by Crippen LogP contribution is -2.16. The number of ether oxygens (including phenoxy) is 2. The van der Waals surface area contributed by atoms with Gasteiger partial charge in [0, 0.05) is 18.6 Å². The molecule has 1 aliphatic heterocycles. The van der Waals surface area contributed by atoms with E-state index in [0.717, 1.165) is 25.4 Å². The minimum absolute atomic E-state index is 0.231. The highest BCUT2D eigenvalue weighted by molar-refractivity contribution is 5.36. The maximum Gasteiger partial charge on any atom is 0.125 e. The van der Waals surface area contributed by atoms with Crippen LogP contribution in [0.2, 0.25) is 0 Å². The molecule has 0 aliphatic carbocycles. The van der Waals surface area contributed by atoms with Gasteiger partial charge in [-0.25, -0.2) is 0 Å². The Kier molecular flexibility index (Phi) is 2.50. The number of hydrogen-bond donors (Lipinski definition) is 0. The van der Waals surface area contributed by atoms with Crippen molar-refractivity contribution in [3.05, 3.63) is 29.8 Å². The van der Waals surface area contributed by atoms with Gasteiger partial charge in [-0.05, 0) is 13.0 Å². The van der Waals surface area contributed by atoms with E-state index in [4.69, 9.17) is 9.47 Å². The zero-order valence-corrected chi connectivity index (χ0v) is 7.82. The molecule has 2 nitrogen and oxygen atoms in total. The second-order valence-electron chi connectivity index (χ2n) is 3.12. The van der Waals surface area contributed by atoms with Crippen LogP contribution in [0.3, 0.4) is 0 Å². The first-order chi connectivity index (χ1) is 6.42. The van der Waals surface area contributed by atoms with E-state index in [1.54, 1.807) is 0 Å². The van der Waals surface area contributed by atoms with Crippen molar-refractivity contribution in [2.45, 2.75) is 19.4 Å². The van der Waals surface area contributed by atoms with Gasteiger partial charge in [0.2, 0.25) is 0 Å². The Morgan fingerprint density at radius 3 is 3.15 bits per heavy atom. The summed E-state index contributed by atoms with van der Waals surface area (Å²) in [5.41, 5.74) is 1.19. The molecular formula is C11H14O2. The molecule has 1 heterocycles. The molecule has 0 bridgehead atoms. The summed E-state index contributed by atoms with van der Waals surface area (Å²) < 4.78 is 11.1. The lowest BCUT2D eigenvalue weighted by Gasteiger charge is -2.25. The highest BCUT2D eigenvalue weighted by Crippen LogP contribution is 2.33. The average Bonchev–Trinajstić information content (AvgIpc) is 2.19. The molecule has 1 unspecified atom stereocenters. The van der Waals surface area contributed by atoms with E-state index in [2.05, 4.69) is 6.07 Å². The van der Waals surface area contributed by atoms with Gasteiger partial charge in [0.05, 0.1) is 12.7 Å². The summed E-state index contributed by atoms with van der Waals surface area (Å²) >= 11 is 0. The highest BCUT2D eigenvalue weighted by Gasteiger charge is 2.20. The minimum atomic E-state index is 0.231. The van der Waals surface area contributed by atoms with Crippen LogP contribution in [-0.2, 0) is 4.74 Å². The van der Waals surface area contributed by atoms with Crippen LogP contribution in [0.15, 0.2) is 24.3 Å². The SMILES string of the molecule is CCOC1CCOc2ccccc21. The Bertz CT molecular complexity index is 283. The van der Waals surface area contributed by atoms with E-state index in [1.165, 1.54) is 5.56 Å². The van der Waals surface area contributed by atoms with Crippen LogP contribution < -0.4 is 4.74 Å². The molecule has 1 aromatic carbocycles. The molecule has 13 heavy (non-hydrogen) atoms. The molecule has 0 radical (unpaired) electrons. The number of rotatable bonds is 2. The predicted molar refractivity (Wildman–Crippen MR) is 50.9 cm³/mol. The summed E-state index contributed by atoms with van der Waals surface area (Å²) in [6, 6.07) is 8.10. The standard InChI is InChI=1S/C11H14O2/c1-2-12-11-7-8-13-10-6-4-3-5-9(10)11/h3-6,11H,2,7-8H2,1H3. The first kappa shape index (κ1) is 8.57. The molecule has 0 spiro atoms. The van der Waals surface area contributed by atoms with E-state index >= 15 is 0 Å². The van der Waals surface area contributed by atoms with Crippen LogP contribution in [0.5, 0.6) is 5.75 Å². The third-order valence-electron chi connectivity index (χ3n) is 2.27. The quantitative estimate of drug-likeness (QED) is 0.692. The Morgan fingerprint density at radius 1 is 1.46 bits per heavy atom. The van der Waals surface area contributed by atoms with Gasteiger partial charge in [-0.3, -0.25) is 0 Å². The lowest BCUT2D eigenvalue weighted by atomic mass is 10.0. The summed E-state index contributed by atoms with van der Waals surface area (Å²) in [6.45, 7) is 3.55. The van der Waals surface area contributed by atoms with Crippen molar-refractivity contribution < 1.29 is 9.47 Å². The molecule has 1 atom stereocenters.